The van der Waals surface area contributed by atoms with Gasteiger partial charge in [-0.15, -0.1) is 0 Å². The van der Waals surface area contributed by atoms with Crippen molar-refractivity contribution in [3.63, 3.8) is 0 Å². The molecule has 0 saturated heterocycles. The summed E-state index contributed by atoms with van der Waals surface area (Å²) in [6.07, 6.45) is 7.09. The first-order chi connectivity index (χ1) is 13.8. The minimum atomic E-state index is -3.97. The molecule has 0 unspecified atom stereocenters. The highest BCUT2D eigenvalue weighted by atomic mass is 35.5. The maximum Gasteiger partial charge on any atom is 0.331 e. The molecule has 2 heterocycles. The zero-order valence-electron chi connectivity index (χ0n) is 15.6. The van der Waals surface area contributed by atoms with Crippen molar-refractivity contribution in [2.24, 2.45) is 0 Å². The van der Waals surface area contributed by atoms with E-state index >= 15 is 0 Å². The Morgan fingerprint density at radius 1 is 1.07 bits per heavy atom. The number of fused-ring (bicyclic) bond motifs is 1. The average molecular weight is 455 g/mol. The van der Waals surface area contributed by atoms with Crippen LogP contribution in [0.5, 0.6) is 0 Å². The number of aromatic nitrogens is 1. The molecule has 0 atom stereocenters. The van der Waals surface area contributed by atoms with Crippen molar-refractivity contribution < 1.29 is 18.3 Å². The number of hydrogen-bond donors (Lipinski definition) is 1. The smallest absolute Gasteiger partial charge is 0.331 e. The molecule has 1 aliphatic carbocycles. The van der Waals surface area contributed by atoms with Crippen LogP contribution in [0.1, 0.15) is 30.5 Å². The summed E-state index contributed by atoms with van der Waals surface area (Å²) >= 11 is 12.4. The van der Waals surface area contributed by atoms with Crippen molar-refractivity contribution >= 4 is 44.9 Å². The third kappa shape index (κ3) is 3.56. The highest BCUT2D eigenvalue weighted by Crippen LogP contribution is 2.38. The summed E-state index contributed by atoms with van der Waals surface area (Å²) in [7, 11) is -3.97. The van der Waals surface area contributed by atoms with Crippen LogP contribution in [0.15, 0.2) is 40.9 Å². The Morgan fingerprint density at radius 2 is 1.76 bits per heavy atom. The van der Waals surface area contributed by atoms with Crippen LogP contribution in [-0.4, -0.2) is 36.6 Å². The minimum absolute atomic E-state index is 0.0873. The zero-order valence-corrected chi connectivity index (χ0v) is 17.9. The summed E-state index contributed by atoms with van der Waals surface area (Å²) in [5, 5.41) is 9.36. The molecular weight excluding hydrogens is 435 g/mol. The molecule has 2 aromatic rings. The Balaban J connectivity index is 1.81. The van der Waals surface area contributed by atoms with E-state index in [-0.39, 0.29) is 14.9 Å². The Kier molecular flexibility index (Phi) is 5.40. The summed E-state index contributed by atoms with van der Waals surface area (Å²) < 4.78 is 28.3. The van der Waals surface area contributed by atoms with E-state index in [4.69, 9.17) is 23.2 Å². The summed E-state index contributed by atoms with van der Waals surface area (Å²) in [4.78, 5) is 13.1. The first-order valence-corrected chi connectivity index (χ1v) is 11.6. The van der Waals surface area contributed by atoms with Crippen LogP contribution >= 0.6 is 23.2 Å². The van der Waals surface area contributed by atoms with Crippen molar-refractivity contribution in [2.75, 3.05) is 18.0 Å². The van der Waals surface area contributed by atoms with E-state index in [1.165, 1.54) is 16.1 Å². The molecule has 1 aliphatic heterocycles. The third-order valence-corrected chi connectivity index (χ3v) is 8.17. The SMILES string of the molecule is O=C(O)C1=CCN(c2cn(S(=O)(=O)c3c(Cl)cccc3Cl)c3c2CCCC3)CC1. The Bertz CT molecular complexity index is 1100. The number of carboxylic acid groups (broad SMARTS) is 1. The lowest BCUT2D eigenvalue weighted by Crippen LogP contribution is -2.30. The van der Waals surface area contributed by atoms with Crippen LogP contribution in [0.4, 0.5) is 5.69 Å². The van der Waals surface area contributed by atoms with Gasteiger partial charge in [-0.25, -0.2) is 17.2 Å². The van der Waals surface area contributed by atoms with Gasteiger partial charge < -0.3 is 10.0 Å². The van der Waals surface area contributed by atoms with Crippen molar-refractivity contribution in [3.05, 3.63) is 57.3 Å². The molecule has 154 valence electrons. The molecular formula is C20H20Cl2N2O4S. The molecule has 1 N–H and O–H groups in total. The van der Waals surface area contributed by atoms with Gasteiger partial charge in [0, 0.05) is 30.6 Å². The molecule has 0 amide bonds. The van der Waals surface area contributed by atoms with Crippen molar-refractivity contribution in [1.82, 2.24) is 3.97 Å². The maximum atomic E-state index is 13.5. The lowest BCUT2D eigenvalue weighted by molar-refractivity contribution is -0.132. The molecule has 4 rings (SSSR count). The summed E-state index contributed by atoms with van der Waals surface area (Å²) in [6.45, 7) is 0.965. The first-order valence-electron chi connectivity index (χ1n) is 9.40. The lowest BCUT2D eigenvalue weighted by Gasteiger charge is -2.28. The lowest BCUT2D eigenvalue weighted by atomic mass is 9.96. The fourth-order valence-electron chi connectivity index (χ4n) is 4.07. The number of nitrogens with zero attached hydrogens (tertiary/aromatic N) is 2. The molecule has 29 heavy (non-hydrogen) atoms. The standard InChI is InChI=1S/C20H20Cl2N2O4S/c21-15-5-3-6-16(22)19(15)29(27,28)24-12-18(14-4-1-2-7-17(14)24)23-10-8-13(9-11-23)20(25)26/h3,5-6,8,12H,1-2,4,7,9-11H2,(H,25,26). The quantitative estimate of drug-likeness (QED) is 0.750. The molecule has 2 aliphatic rings. The molecule has 1 aromatic heterocycles. The van der Waals surface area contributed by atoms with Crippen molar-refractivity contribution in [1.29, 1.82) is 0 Å². The Labute approximate surface area is 179 Å². The summed E-state index contributed by atoms with van der Waals surface area (Å²) in [5.41, 5.74) is 3.00. The van der Waals surface area contributed by atoms with Gasteiger partial charge in [0.15, 0.2) is 0 Å². The number of rotatable bonds is 4. The fourth-order valence-corrected chi connectivity index (χ4v) is 6.61. The second kappa shape index (κ2) is 7.70. The molecule has 1 aromatic carbocycles. The number of hydrogen-bond acceptors (Lipinski definition) is 4. The van der Waals surface area contributed by atoms with Gasteiger partial charge in [0.1, 0.15) is 4.90 Å². The topological polar surface area (TPSA) is 79.6 Å². The van der Waals surface area contributed by atoms with Crippen molar-refractivity contribution in [2.45, 2.75) is 37.0 Å². The predicted molar refractivity (Wildman–Crippen MR) is 113 cm³/mol. The molecule has 0 saturated carbocycles. The highest BCUT2D eigenvalue weighted by molar-refractivity contribution is 7.90. The van der Waals surface area contributed by atoms with Crippen LogP contribution in [-0.2, 0) is 27.7 Å². The van der Waals surface area contributed by atoms with E-state index in [2.05, 4.69) is 0 Å². The minimum Gasteiger partial charge on any atom is -0.478 e. The highest BCUT2D eigenvalue weighted by Gasteiger charge is 2.31. The molecule has 0 bridgehead atoms. The van der Waals surface area contributed by atoms with Crippen LogP contribution in [0.2, 0.25) is 10.0 Å². The summed E-state index contributed by atoms with van der Waals surface area (Å²) in [6, 6.07) is 4.64. The van der Waals surface area contributed by atoms with E-state index in [0.29, 0.717) is 31.5 Å². The van der Waals surface area contributed by atoms with E-state index in [9.17, 15) is 18.3 Å². The zero-order chi connectivity index (χ0) is 20.8. The van der Waals surface area contributed by atoms with Gasteiger partial charge in [0.25, 0.3) is 10.0 Å². The van der Waals surface area contributed by atoms with Gasteiger partial charge in [-0.2, -0.15) is 0 Å². The number of carboxylic acids is 1. The predicted octanol–water partition coefficient (Wildman–Crippen LogP) is 4.13. The first kappa shape index (κ1) is 20.3. The largest absolute Gasteiger partial charge is 0.478 e. The van der Waals surface area contributed by atoms with Crippen LogP contribution in [0.25, 0.3) is 0 Å². The number of benzene rings is 1. The van der Waals surface area contributed by atoms with Crippen LogP contribution in [0.3, 0.4) is 0 Å². The second-order valence-corrected chi connectivity index (χ2v) is 9.80. The van der Waals surface area contributed by atoms with Crippen LogP contribution < -0.4 is 4.90 Å². The molecule has 0 spiro atoms. The van der Waals surface area contributed by atoms with Gasteiger partial charge in [0.2, 0.25) is 0 Å². The number of carbonyl (C=O) groups is 1. The second-order valence-electron chi connectivity index (χ2n) is 7.23. The normalized spacial score (nSPS) is 17.0. The maximum absolute atomic E-state index is 13.5. The number of halogens is 2. The molecule has 6 nitrogen and oxygen atoms in total. The molecule has 0 radical (unpaired) electrons. The van der Waals surface area contributed by atoms with Gasteiger partial charge in [-0.1, -0.05) is 35.3 Å². The van der Waals surface area contributed by atoms with E-state index in [1.54, 1.807) is 18.3 Å². The van der Waals surface area contributed by atoms with E-state index in [1.807, 2.05) is 4.90 Å². The van der Waals surface area contributed by atoms with Gasteiger partial charge in [0.05, 0.1) is 15.7 Å². The Hall–Kier alpha value is -1.96. The van der Waals surface area contributed by atoms with E-state index < -0.39 is 16.0 Å². The van der Waals surface area contributed by atoms with E-state index in [0.717, 1.165) is 36.2 Å². The third-order valence-electron chi connectivity index (χ3n) is 5.51. The van der Waals surface area contributed by atoms with Gasteiger partial charge in [-0.05, 0) is 49.8 Å². The van der Waals surface area contributed by atoms with Gasteiger partial charge in [-0.3, -0.25) is 0 Å². The number of anilines is 1. The average Bonchev–Trinajstić information content (AvgIpc) is 3.08. The van der Waals surface area contributed by atoms with Crippen LogP contribution in [0, 0.1) is 0 Å². The summed E-state index contributed by atoms with van der Waals surface area (Å²) in [5.74, 6) is -0.903. The molecule has 9 heteroatoms. The van der Waals surface area contributed by atoms with Crippen molar-refractivity contribution in [3.8, 4) is 0 Å². The Morgan fingerprint density at radius 3 is 2.38 bits per heavy atom. The monoisotopic (exact) mass is 454 g/mol. The fraction of sp³-hybridized carbons (Fsp3) is 0.350. The molecule has 0 fully saturated rings. The van der Waals surface area contributed by atoms with Gasteiger partial charge >= 0.3 is 5.97 Å². The number of aliphatic carboxylic acids is 1.